The smallest absolute Gasteiger partial charge is 0.258 e. The summed E-state index contributed by atoms with van der Waals surface area (Å²) in [5, 5.41) is 16.0. The van der Waals surface area contributed by atoms with Crippen LogP contribution in [-0.2, 0) is 19.6 Å². The van der Waals surface area contributed by atoms with Crippen molar-refractivity contribution in [1.29, 1.82) is 0 Å². The van der Waals surface area contributed by atoms with E-state index in [9.17, 15) is 27.9 Å². The molecule has 0 aromatic heterocycles. The van der Waals surface area contributed by atoms with Gasteiger partial charge in [-0.25, -0.2) is 8.42 Å². The molecule has 0 aliphatic carbocycles. The molecule has 3 aromatic rings. The predicted molar refractivity (Wildman–Crippen MR) is 190 cm³/mol. The molecule has 0 saturated carbocycles. The minimum absolute atomic E-state index is 0.0617. The number of unbranched alkanes of at least 4 members (excludes halogenated alkanes) is 2. The lowest BCUT2D eigenvalue weighted by Gasteiger charge is -2.38. The topological polar surface area (TPSA) is 171 Å². The van der Waals surface area contributed by atoms with E-state index in [-0.39, 0.29) is 78.1 Å². The van der Waals surface area contributed by atoms with Crippen molar-refractivity contribution in [2.24, 2.45) is 5.92 Å². The van der Waals surface area contributed by atoms with Gasteiger partial charge in [0.05, 0.1) is 46.7 Å². The zero-order valence-corrected chi connectivity index (χ0v) is 29.5. The summed E-state index contributed by atoms with van der Waals surface area (Å²) in [6.07, 6.45) is 1.45. The predicted octanol–water partition coefficient (Wildman–Crippen LogP) is 4.99. The van der Waals surface area contributed by atoms with Crippen molar-refractivity contribution in [3.8, 4) is 5.75 Å². The Morgan fingerprint density at radius 3 is 2.24 bits per heavy atom. The Balaban J connectivity index is 1.46. The zero-order chi connectivity index (χ0) is 35.7. The van der Waals surface area contributed by atoms with Gasteiger partial charge in [0, 0.05) is 37.4 Å². The van der Waals surface area contributed by atoms with E-state index in [2.05, 4.69) is 10.6 Å². The molecule has 264 valence electrons. The quantitative estimate of drug-likeness (QED) is 0.134. The fourth-order valence-corrected chi connectivity index (χ4v) is 6.79. The Labute approximate surface area is 292 Å². The summed E-state index contributed by atoms with van der Waals surface area (Å²) < 4.78 is 34.5. The van der Waals surface area contributed by atoms with Crippen molar-refractivity contribution in [3.05, 3.63) is 77.3 Å². The first-order chi connectivity index (χ1) is 23.3. The summed E-state index contributed by atoms with van der Waals surface area (Å²) in [7, 11) is -2.46. The van der Waals surface area contributed by atoms with Gasteiger partial charge in [-0.15, -0.1) is 0 Å². The van der Waals surface area contributed by atoms with Crippen LogP contribution in [0.15, 0.2) is 71.6 Å². The van der Waals surface area contributed by atoms with E-state index < -0.39 is 22.2 Å². The van der Waals surface area contributed by atoms with Crippen LogP contribution < -0.4 is 21.1 Å². The van der Waals surface area contributed by atoms with Gasteiger partial charge in [-0.2, -0.15) is 4.31 Å². The second-order valence-electron chi connectivity index (χ2n) is 12.3. The van der Waals surface area contributed by atoms with Gasteiger partial charge >= 0.3 is 0 Å². The van der Waals surface area contributed by atoms with Gasteiger partial charge in [0.25, 0.3) is 5.91 Å². The molecule has 0 fully saturated rings. The lowest BCUT2D eigenvalue weighted by Crippen LogP contribution is -2.50. The van der Waals surface area contributed by atoms with Crippen LogP contribution in [0.3, 0.4) is 0 Å². The maximum absolute atomic E-state index is 13.8. The van der Waals surface area contributed by atoms with Gasteiger partial charge in [-0.3, -0.25) is 14.4 Å². The molecule has 0 spiro atoms. The fraction of sp³-hybridized carbons (Fsp3) is 0.400. The molecule has 1 aliphatic heterocycles. The molecule has 5 N–H and O–H groups in total. The molecule has 14 heteroatoms. The summed E-state index contributed by atoms with van der Waals surface area (Å²) in [5.74, 6) is -1.08. The Kier molecular flexibility index (Phi) is 13.0. The van der Waals surface area contributed by atoms with E-state index in [1.807, 2.05) is 6.92 Å². The first kappa shape index (κ1) is 37.6. The molecular weight excluding hydrogens is 670 g/mol. The second kappa shape index (κ2) is 17.0. The fourth-order valence-electron chi connectivity index (χ4n) is 5.48. The number of benzene rings is 3. The third kappa shape index (κ3) is 9.72. The summed E-state index contributed by atoms with van der Waals surface area (Å²) in [6, 6.07) is 17.2. The maximum Gasteiger partial charge on any atom is 0.258 e. The number of nitrogen functional groups attached to an aromatic ring is 1. The minimum atomic E-state index is -3.92. The largest absolute Gasteiger partial charge is 0.486 e. The number of nitrogens with zero attached hydrogens (tertiary/aromatic N) is 2. The highest BCUT2D eigenvalue weighted by molar-refractivity contribution is 7.89. The average Bonchev–Trinajstić information content (AvgIpc) is 3.07. The Hall–Kier alpha value is -4.17. The maximum atomic E-state index is 13.8. The van der Waals surface area contributed by atoms with Crippen LogP contribution in [0.2, 0.25) is 5.02 Å². The number of hydrogen-bond donors (Lipinski definition) is 4. The van der Waals surface area contributed by atoms with Gasteiger partial charge in [0.2, 0.25) is 21.8 Å². The van der Waals surface area contributed by atoms with Crippen LogP contribution in [0, 0.1) is 5.92 Å². The van der Waals surface area contributed by atoms with E-state index in [1.54, 1.807) is 54.3 Å². The molecule has 3 aromatic carbocycles. The number of carbonyl (C=O) groups is 3. The number of amides is 3. The number of rotatable bonds is 14. The number of ether oxygens (including phenoxy) is 1. The number of para-hydroxylation sites is 3. The third-order valence-corrected chi connectivity index (χ3v) is 10.6. The second-order valence-corrected chi connectivity index (χ2v) is 14.8. The van der Waals surface area contributed by atoms with E-state index in [1.165, 1.54) is 35.6 Å². The average molecular weight is 714 g/mol. The van der Waals surface area contributed by atoms with E-state index >= 15 is 0 Å². The normalized spacial score (nSPS) is 17.0. The molecule has 4 rings (SSSR count). The first-order valence-corrected chi connectivity index (χ1v) is 18.0. The van der Waals surface area contributed by atoms with Crippen molar-refractivity contribution in [3.63, 3.8) is 0 Å². The zero-order valence-electron chi connectivity index (χ0n) is 27.9. The summed E-state index contributed by atoms with van der Waals surface area (Å²) in [6.45, 7) is 3.44. The highest BCUT2D eigenvalue weighted by Gasteiger charge is 2.36. The molecule has 0 bridgehead atoms. The van der Waals surface area contributed by atoms with Gasteiger partial charge in [0.1, 0.15) is 6.10 Å². The van der Waals surface area contributed by atoms with Crippen molar-refractivity contribution in [1.82, 2.24) is 9.21 Å². The Morgan fingerprint density at radius 1 is 1.00 bits per heavy atom. The summed E-state index contributed by atoms with van der Waals surface area (Å²) in [4.78, 5) is 40.8. The molecule has 49 heavy (non-hydrogen) atoms. The Bertz CT molecular complexity index is 1740. The van der Waals surface area contributed by atoms with Gasteiger partial charge in [-0.1, -0.05) is 43.1 Å². The number of fused-ring (bicyclic) bond motifs is 1. The number of hydrogen-bond acceptors (Lipinski definition) is 8. The van der Waals surface area contributed by atoms with Crippen LogP contribution in [-0.4, -0.2) is 79.3 Å². The lowest BCUT2D eigenvalue weighted by atomic mass is 9.99. The van der Waals surface area contributed by atoms with Crippen molar-refractivity contribution in [2.75, 3.05) is 43.1 Å². The number of aliphatic hydroxyl groups is 1. The Morgan fingerprint density at radius 2 is 1.61 bits per heavy atom. The molecule has 0 radical (unpaired) electrons. The van der Waals surface area contributed by atoms with Crippen LogP contribution in [0.4, 0.5) is 17.1 Å². The summed E-state index contributed by atoms with van der Waals surface area (Å²) in [5.41, 5.74) is 7.39. The molecule has 0 saturated heterocycles. The number of aliphatic hydroxyl groups excluding tert-OH is 1. The van der Waals surface area contributed by atoms with Crippen molar-refractivity contribution >= 4 is 56.4 Å². The van der Waals surface area contributed by atoms with E-state index in [4.69, 9.17) is 22.1 Å². The van der Waals surface area contributed by atoms with E-state index in [0.29, 0.717) is 35.7 Å². The minimum Gasteiger partial charge on any atom is -0.486 e. The lowest BCUT2D eigenvalue weighted by molar-refractivity contribution is -0.116. The van der Waals surface area contributed by atoms with Gasteiger partial charge in [0.15, 0.2) is 5.75 Å². The van der Waals surface area contributed by atoms with Crippen LogP contribution in [0.25, 0.3) is 0 Å². The van der Waals surface area contributed by atoms with Crippen molar-refractivity contribution < 1.29 is 32.6 Å². The highest BCUT2D eigenvalue weighted by atomic mass is 35.5. The van der Waals surface area contributed by atoms with Gasteiger partial charge < -0.3 is 31.1 Å². The SMILES string of the molecule is C[C@@H]1CN([C@H](C)CO)C(=O)c2cccc(NC(=O)CCCCCC(=O)Nc3ccccc3N)c2O[C@H]1CN(C)S(=O)(=O)c1ccc(Cl)cc1. The number of nitrogens with two attached hydrogens (primary N) is 1. The van der Waals surface area contributed by atoms with Crippen molar-refractivity contribution in [2.45, 2.75) is 63.0 Å². The van der Waals surface area contributed by atoms with E-state index in [0.717, 1.165) is 0 Å². The molecular formula is C35H44ClN5O7S. The number of sulfonamides is 1. The number of likely N-dealkylation sites (N-methyl/N-ethyl adjacent to an activating group) is 1. The molecule has 0 unspecified atom stereocenters. The molecule has 12 nitrogen and oxygen atoms in total. The van der Waals surface area contributed by atoms with Crippen LogP contribution >= 0.6 is 11.6 Å². The summed E-state index contributed by atoms with van der Waals surface area (Å²) >= 11 is 5.97. The number of anilines is 3. The molecule has 3 amide bonds. The number of carbonyl (C=O) groups excluding carboxylic acids is 3. The van der Waals surface area contributed by atoms with Crippen LogP contribution in [0.5, 0.6) is 5.75 Å². The highest BCUT2D eigenvalue weighted by Crippen LogP contribution is 2.35. The van der Waals surface area contributed by atoms with Crippen LogP contribution in [0.1, 0.15) is 56.3 Å². The number of halogens is 1. The molecule has 3 atom stereocenters. The van der Waals surface area contributed by atoms with Gasteiger partial charge in [-0.05, 0) is 68.3 Å². The third-order valence-electron chi connectivity index (χ3n) is 8.47. The first-order valence-electron chi connectivity index (χ1n) is 16.2. The monoisotopic (exact) mass is 713 g/mol. The molecule has 1 heterocycles. The standard InChI is InChI=1S/C35H44ClN5O7S/c1-23-20-41(24(2)22-42)35(45)27-10-9-13-30(34(27)48-31(23)21-40(3)49(46,47)26-18-16-25(36)17-19-26)39-33(44)15-6-4-5-14-32(43)38-29-12-8-7-11-28(29)37/h7-13,16-19,23-24,31,42H,4-6,14-15,20-22,37H2,1-3H3,(H,38,43)(H,39,44)/t23-,24-,31+/m1/s1. The molecule has 1 aliphatic rings. The number of nitrogens with one attached hydrogen (secondary N) is 2.